The van der Waals surface area contributed by atoms with Crippen LogP contribution < -0.4 is 25.5 Å². The maximum atomic E-state index is 13.9. The molecule has 3 aromatic heterocycles. The van der Waals surface area contributed by atoms with E-state index < -0.39 is 11.8 Å². The van der Waals surface area contributed by atoms with Gasteiger partial charge in [0.25, 0.3) is 11.8 Å². The summed E-state index contributed by atoms with van der Waals surface area (Å²) < 4.78 is 20.8. The third kappa shape index (κ3) is 9.27. The summed E-state index contributed by atoms with van der Waals surface area (Å²) in [5.41, 5.74) is 6.29. The maximum Gasteiger partial charge on any atom is 0.291 e. The van der Waals surface area contributed by atoms with Crippen molar-refractivity contribution in [2.24, 2.45) is 0 Å². The van der Waals surface area contributed by atoms with Gasteiger partial charge in [-0.15, -0.1) is 0 Å². The number of imidazole rings is 2. The smallest absolute Gasteiger partial charge is 0.291 e. The first kappa shape index (κ1) is 40.0. The normalized spacial score (nSPS) is 11.1. The van der Waals surface area contributed by atoms with Gasteiger partial charge in [-0.2, -0.15) is 0 Å². The van der Waals surface area contributed by atoms with Gasteiger partial charge in [0.2, 0.25) is 0 Å². The Balaban J connectivity index is 0.975. The molecule has 8 rings (SSSR count). The number of nitrogens with zero attached hydrogens (tertiary/aromatic N) is 5. The first-order valence-electron chi connectivity index (χ1n) is 19.6. The van der Waals surface area contributed by atoms with Gasteiger partial charge in [0, 0.05) is 73.6 Å². The fourth-order valence-corrected chi connectivity index (χ4v) is 7.18. The average molecular weight is 814 g/mol. The summed E-state index contributed by atoms with van der Waals surface area (Å²) >= 11 is 0. The number of para-hydroxylation sites is 1. The second-order valence-electron chi connectivity index (χ2n) is 14.4. The molecule has 13 heteroatoms. The van der Waals surface area contributed by atoms with E-state index in [0.29, 0.717) is 22.6 Å². The maximum absolute atomic E-state index is 13.9. The van der Waals surface area contributed by atoms with Crippen molar-refractivity contribution in [1.29, 1.82) is 0 Å². The molecule has 0 spiro atoms. The number of fused-ring (bicyclic) bond motifs is 1. The van der Waals surface area contributed by atoms with Gasteiger partial charge in [-0.25, -0.2) is 9.97 Å². The van der Waals surface area contributed by atoms with E-state index in [4.69, 9.17) is 13.9 Å². The number of carbonyl (C=O) groups excluding carboxylic acids is 2. The van der Waals surface area contributed by atoms with Crippen molar-refractivity contribution >= 4 is 34.2 Å². The van der Waals surface area contributed by atoms with Crippen LogP contribution in [0.25, 0.3) is 22.3 Å². The lowest BCUT2D eigenvalue weighted by Crippen LogP contribution is -2.25. The number of methoxy groups -OCH3 is 2. The van der Waals surface area contributed by atoms with Crippen LogP contribution in [0.5, 0.6) is 11.5 Å². The molecule has 2 N–H and O–H groups in total. The standard InChI is InChI=1S/C48H43N7O6/c1-32-50-21-24-55(32)37-17-13-34(14-18-37)29-53(30-35-7-6-8-38(25-35)54-23-20-49-31-54)22-19-33-11-15-36(16-12-33)51-47(57)40-26-44(59-2)45(60-3)27-41(40)52-48(58)46-28-42(56)39-9-4-5-10-43(39)61-46/h4-18,20-21,23-28,31H,19,22,29-30H2,1-3H3,(H,51,57)(H,52,58). The molecule has 61 heavy (non-hydrogen) atoms. The summed E-state index contributed by atoms with van der Waals surface area (Å²) in [4.78, 5) is 51.0. The van der Waals surface area contributed by atoms with Crippen LogP contribution in [-0.2, 0) is 19.5 Å². The second kappa shape index (κ2) is 18.0. The molecular weight excluding hydrogens is 771 g/mol. The lowest BCUT2D eigenvalue weighted by Gasteiger charge is -2.23. The van der Waals surface area contributed by atoms with Crippen LogP contribution in [0.1, 0.15) is 43.4 Å². The largest absolute Gasteiger partial charge is 0.493 e. The quantitative estimate of drug-likeness (QED) is 0.105. The van der Waals surface area contributed by atoms with E-state index >= 15 is 0 Å². The number of nitrogens with one attached hydrogen (secondary N) is 2. The van der Waals surface area contributed by atoms with E-state index in [1.165, 1.54) is 37.5 Å². The molecule has 0 aliphatic heterocycles. The van der Waals surface area contributed by atoms with Crippen molar-refractivity contribution < 1.29 is 23.5 Å². The van der Waals surface area contributed by atoms with Crippen molar-refractivity contribution in [3.63, 3.8) is 0 Å². The Kier molecular flexibility index (Phi) is 11.8. The predicted octanol–water partition coefficient (Wildman–Crippen LogP) is 8.24. The zero-order chi connectivity index (χ0) is 42.3. The third-order valence-corrected chi connectivity index (χ3v) is 10.4. The first-order valence-corrected chi connectivity index (χ1v) is 19.6. The molecule has 0 atom stereocenters. The summed E-state index contributed by atoms with van der Waals surface area (Å²) in [5.74, 6) is 0.0978. The molecule has 0 saturated heterocycles. The van der Waals surface area contributed by atoms with Crippen molar-refractivity contribution in [2.45, 2.75) is 26.4 Å². The molecule has 0 unspecified atom stereocenters. The lowest BCUT2D eigenvalue weighted by molar-refractivity contribution is 0.0997. The van der Waals surface area contributed by atoms with Crippen LogP contribution in [0.15, 0.2) is 156 Å². The highest BCUT2D eigenvalue weighted by Gasteiger charge is 2.21. The third-order valence-electron chi connectivity index (χ3n) is 10.4. The fraction of sp³-hybridized carbons (Fsp3) is 0.146. The summed E-state index contributed by atoms with van der Waals surface area (Å²) in [6.07, 6.45) is 10.0. The van der Waals surface area contributed by atoms with Gasteiger partial charge in [-0.3, -0.25) is 19.3 Å². The Bertz CT molecular complexity index is 2870. The molecule has 3 heterocycles. The molecule has 5 aromatic carbocycles. The van der Waals surface area contributed by atoms with E-state index in [2.05, 4.69) is 78.6 Å². The molecule has 306 valence electrons. The number of aromatic nitrogens is 4. The van der Waals surface area contributed by atoms with Gasteiger partial charge in [0.15, 0.2) is 22.7 Å². The Hall–Kier alpha value is -7.77. The Morgan fingerprint density at radius 1 is 0.738 bits per heavy atom. The summed E-state index contributed by atoms with van der Waals surface area (Å²) in [6, 6.07) is 35.5. The molecular formula is C48H43N7O6. The molecule has 0 saturated carbocycles. The van der Waals surface area contributed by atoms with Crippen LogP contribution in [0, 0.1) is 6.92 Å². The molecule has 0 bridgehead atoms. The Labute approximate surface area is 351 Å². The average Bonchev–Trinajstić information content (AvgIpc) is 3.99. The number of benzene rings is 5. The highest BCUT2D eigenvalue weighted by atomic mass is 16.5. The molecule has 8 aromatic rings. The van der Waals surface area contributed by atoms with E-state index in [0.717, 1.165) is 54.9 Å². The van der Waals surface area contributed by atoms with Gasteiger partial charge < -0.3 is 33.7 Å². The first-order chi connectivity index (χ1) is 29.7. The van der Waals surface area contributed by atoms with E-state index in [-0.39, 0.29) is 28.0 Å². The number of amides is 2. The molecule has 2 amide bonds. The Morgan fingerprint density at radius 2 is 1.49 bits per heavy atom. The minimum absolute atomic E-state index is 0.110. The molecule has 13 nitrogen and oxygen atoms in total. The van der Waals surface area contributed by atoms with E-state index in [1.807, 2.05) is 48.1 Å². The number of carbonyl (C=O) groups is 2. The van der Waals surface area contributed by atoms with Gasteiger partial charge in [-0.1, -0.05) is 48.5 Å². The van der Waals surface area contributed by atoms with Crippen LogP contribution in [0.4, 0.5) is 11.4 Å². The number of hydrogen-bond donors (Lipinski definition) is 2. The number of hydrogen-bond acceptors (Lipinski definition) is 9. The highest BCUT2D eigenvalue weighted by Crippen LogP contribution is 2.34. The molecule has 0 aliphatic carbocycles. The van der Waals surface area contributed by atoms with Crippen molar-refractivity contribution in [2.75, 3.05) is 31.4 Å². The molecule has 0 aliphatic rings. The van der Waals surface area contributed by atoms with Crippen molar-refractivity contribution in [3.8, 4) is 22.9 Å². The second-order valence-corrected chi connectivity index (χ2v) is 14.4. The number of aryl methyl sites for hydroxylation is 1. The van der Waals surface area contributed by atoms with Crippen LogP contribution in [0.3, 0.4) is 0 Å². The topological polar surface area (TPSA) is 146 Å². The SMILES string of the molecule is COc1cc(NC(=O)c2cc(=O)c3ccccc3o2)c(C(=O)Nc2ccc(CCN(Cc3ccc(-n4ccnc4C)cc3)Cc3cccc(-n4ccnc4)c3)cc2)cc1OC. The van der Waals surface area contributed by atoms with Crippen molar-refractivity contribution in [1.82, 2.24) is 24.0 Å². The van der Waals surface area contributed by atoms with Gasteiger partial charge in [0.05, 0.1) is 37.2 Å². The highest BCUT2D eigenvalue weighted by molar-refractivity contribution is 6.12. The van der Waals surface area contributed by atoms with Gasteiger partial charge in [-0.05, 0) is 84.6 Å². The minimum atomic E-state index is -0.713. The zero-order valence-corrected chi connectivity index (χ0v) is 33.9. The monoisotopic (exact) mass is 813 g/mol. The number of anilines is 2. The van der Waals surface area contributed by atoms with Gasteiger partial charge in [0.1, 0.15) is 11.4 Å². The summed E-state index contributed by atoms with van der Waals surface area (Å²) in [6.45, 7) is 4.23. The summed E-state index contributed by atoms with van der Waals surface area (Å²) in [5, 5.41) is 6.02. The molecule has 0 radical (unpaired) electrons. The van der Waals surface area contributed by atoms with Crippen LogP contribution in [0.2, 0.25) is 0 Å². The fourth-order valence-electron chi connectivity index (χ4n) is 7.18. The van der Waals surface area contributed by atoms with E-state index in [1.54, 1.807) is 43.0 Å². The predicted molar refractivity (Wildman–Crippen MR) is 234 cm³/mol. The molecule has 0 fully saturated rings. The van der Waals surface area contributed by atoms with Crippen LogP contribution >= 0.6 is 0 Å². The number of rotatable bonds is 15. The minimum Gasteiger partial charge on any atom is -0.493 e. The van der Waals surface area contributed by atoms with Crippen molar-refractivity contribution in [3.05, 3.63) is 190 Å². The number of ether oxygens (including phenoxy) is 2. The van der Waals surface area contributed by atoms with Gasteiger partial charge >= 0.3 is 0 Å². The lowest BCUT2D eigenvalue weighted by atomic mass is 10.1. The van der Waals surface area contributed by atoms with Crippen LogP contribution in [-0.4, -0.2) is 56.6 Å². The summed E-state index contributed by atoms with van der Waals surface area (Å²) in [7, 11) is 2.91. The van der Waals surface area contributed by atoms with E-state index in [9.17, 15) is 14.4 Å². The zero-order valence-electron chi connectivity index (χ0n) is 33.9. The Morgan fingerprint density at radius 3 is 2.23 bits per heavy atom.